The molecule has 5 nitrogen and oxygen atoms in total. The molecule has 0 N–H and O–H groups in total. The highest BCUT2D eigenvalue weighted by Crippen LogP contribution is 2.24. The van der Waals surface area contributed by atoms with E-state index < -0.39 is 0 Å². The maximum absolute atomic E-state index is 13.0. The molecule has 1 saturated heterocycles. The van der Waals surface area contributed by atoms with Gasteiger partial charge in [0.1, 0.15) is 5.69 Å². The number of fused-ring (bicyclic) bond motifs is 1. The summed E-state index contributed by atoms with van der Waals surface area (Å²) in [7, 11) is 1.63. The molecule has 2 aromatic rings. The van der Waals surface area contributed by atoms with Crippen LogP contribution in [0.25, 0.3) is 5.65 Å². The van der Waals surface area contributed by atoms with Crippen LogP contribution in [0.15, 0.2) is 18.3 Å². The van der Waals surface area contributed by atoms with Crippen molar-refractivity contribution < 1.29 is 9.53 Å². The third-order valence-corrected chi connectivity index (χ3v) is 4.34. The normalized spacial score (nSPS) is 15.8. The molecule has 3 rings (SSSR count). The van der Waals surface area contributed by atoms with Crippen molar-refractivity contribution >= 4 is 11.6 Å². The van der Waals surface area contributed by atoms with E-state index in [1.807, 2.05) is 34.6 Å². The smallest absolute Gasteiger partial charge is 0.272 e. The quantitative estimate of drug-likeness (QED) is 0.875. The molecule has 2 aromatic heterocycles. The summed E-state index contributed by atoms with van der Waals surface area (Å²) in [6, 6.07) is 3.77. The zero-order valence-electron chi connectivity index (χ0n) is 13.3. The summed E-state index contributed by atoms with van der Waals surface area (Å²) in [5, 5.41) is 0. The summed E-state index contributed by atoms with van der Waals surface area (Å²) >= 11 is 0. The van der Waals surface area contributed by atoms with Crippen LogP contribution in [0.2, 0.25) is 0 Å². The van der Waals surface area contributed by atoms with E-state index in [4.69, 9.17) is 4.74 Å². The minimum Gasteiger partial charge on any atom is -0.493 e. The maximum Gasteiger partial charge on any atom is 0.272 e. The Kier molecular flexibility index (Phi) is 4.32. The molecule has 0 spiro atoms. The number of pyridine rings is 1. The third-order valence-electron chi connectivity index (χ3n) is 4.34. The summed E-state index contributed by atoms with van der Waals surface area (Å²) in [5.74, 6) is 0.798. The van der Waals surface area contributed by atoms with E-state index in [-0.39, 0.29) is 5.91 Å². The van der Waals surface area contributed by atoms with Crippen LogP contribution in [0.1, 0.15) is 48.8 Å². The number of methoxy groups -OCH3 is 1. The first-order chi connectivity index (χ1) is 10.8. The predicted octanol–water partition coefficient (Wildman–Crippen LogP) is 2.92. The van der Waals surface area contributed by atoms with Crippen molar-refractivity contribution in [1.82, 2.24) is 14.3 Å². The number of hydrogen-bond acceptors (Lipinski definition) is 3. The van der Waals surface area contributed by atoms with Gasteiger partial charge in [-0.2, -0.15) is 0 Å². The number of aromatic nitrogens is 2. The molecule has 3 heterocycles. The Balaban J connectivity index is 2.06. The molecule has 0 radical (unpaired) electrons. The zero-order valence-corrected chi connectivity index (χ0v) is 13.3. The van der Waals surface area contributed by atoms with Gasteiger partial charge in [-0.25, -0.2) is 4.98 Å². The number of rotatable bonds is 3. The highest BCUT2D eigenvalue weighted by atomic mass is 16.5. The van der Waals surface area contributed by atoms with Crippen LogP contribution in [-0.2, 0) is 6.42 Å². The van der Waals surface area contributed by atoms with E-state index >= 15 is 0 Å². The molecule has 1 fully saturated rings. The molecule has 0 aliphatic carbocycles. The van der Waals surface area contributed by atoms with E-state index in [0.29, 0.717) is 11.4 Å². The van der Waals surface area contributed by atoms with Crippen molar-refractivity contribution in [3.05, 3.63) is 29.7 Å². The Morgan fingerprint density at radius 3 is 2.64 bits per heavy atom. The lowest BCUT2D eigenvalue weighted by Gasteiger charge is -2.20. The van der Waals surface area contributed by atoms with E-state index in [1.54, 1.807) is 7.11 Å². The Morgan fingerprint density at radius 1 is 1.27 bits per heavy atom. The number of likely N-dealkylation sites (tertiary alicyclic amines) is 1. The Bertz CT molecular complexity index is 670. The number of carbonyl (C=O) groups excluding carboxylic acids is 1. The molecule has 118 valence electrons. The van der Waals surface area contributed by atoms with Gasteiger partial charge in [-0.05, 0) is 31.4 Å². The first-order valence-electron chi connectivity index (χ1n) is 8.09. The van der Waals surface area contributed by atoms with Crippen molar-refractivity contribution in [3.8, 4) is 5.75 Å². The monoisotopic (exact) mass is 301 g/mol. The van der Waals surface area contributed by atoms with Gasteiger partial charge in [-0.1, -0.05) is 19.8 Å². The average molecular weight is 301 g/mol. The first kappa shape index (κ1) is 14.9. The van der Waals surface area contributed by atoms with Crippen LogP contribution in [0.4, 0.5) is 0 Å². The molecule has 0 saturated carbocycles. The molecule has 1 amide bonds. The predicted molar refractivity (Wildman–Crippen MR) is 85.5 cm³/mol. The lowest BCUT2D eigenvalue weighted by molar-refractivity contribution is 0.0753. The average Bonchev–Trinajstić information content (AvgIpc) is 2.72. The lowest BCUT2D eigenvalue weighted by atomic mass is 10.2. The topological polar surface area (TPSA) is 46.8 Å². The van der Waals surface area contributed by atoms with Gasteiger partial charge in [0.15, 0.2) is 11.4 Å². The molecular weight excluding hydrogens is 278 g/mol. The number of imidazole rings is 1. The second kappa shape index (κ2) is 6.38. The number of nitrogens with zero attached hydrogens (tertiary/aromatic N) is 3. The van der Waals surface area contributed by atoms with Crippen LogP contribution >= 0.6 is 0 Å². The number of ether oxygens (including phenoxy) is 1. The van der Waals surface area contributed by atoms with E-state index in [9.17, 15) is 4.79 Å². The SMILES string of the molecule is CCc1nc2c(OC)cccn2c1C(=O)N1CCCCCC1. The van der Waals surface area contributed by atoms with Crippen LogP contribution in [-0.4, -0.2) is 40.4 Å². The fraction of sp³-hybridized carbons (Fsp3) is 0.529. The molecule has 5 heteroatoms. The number of hydrogen-bond donors (Lipinski definition) is 0. The zero-order chi connectivity index (χ0) is 15.5. The Labute approximate surface area is 130 Å². The summed E-state index contributed by atoms with van der Waals surface area (Å²) in [4.78, 5) is 19.6. The number of amides is 1. The highest BCUT2D eigenvalue weighted by Gasteiger charge is 2.25. The van der Waals surface area contributed by atoms with Gasteiger partial charge >= 0.3 is 0 Å². The van der Waals surface area contributed by atoms with E-state index in [2.05, 4.69) is 4.98 Å². The standard InChI is InChI=1S/C17H23N3O2/c1-3-13-15(17(21)19-10-6-4-5-7-11-19)20-12-8-9-14(22-2)16(20)18-13/h8-9,12H,3-7,10-11H2,1-2H3. The summed E-state index contributed by atoms with van der Waals surface area (Å²) in [5.41, 5.74) is 2.26. The minimum atomic E-state index is 0.0968. The fourth-order valence-corrected chi connectivity index (χ4v) is 3.15. The van der Waals surface area contributed by atoms with Gasteiger partial charge in [-0.15, -0.1) is 0 Å². The van der Waals surface area contributed by atoms with E-state index in [1.165, 1.54) is 12.8 Å². The van der Waals surface area contributed by atoms with Crippen molar-refractivity contribution in [2.45, 2.75) is 39.0 Å². The molecule has 1 aliphatic rings. The molecule has 0 aromatic carbocycles. The maximum atomic E-state index is 13.0. The van der Waals surface area contributed by atoms with Crippen LogP contribution in [0.3, 0.4) is 0 Å². The molecule has 1 aliphatic heterocycles. The fourth-order valence-electron chi connectivity index (χ4n) is 3.15. The molecular formula is C17H23N3O2. The Morgan fingerprint density at radius 2 is 2.00 bits per heavy atom. The first-order valence-corrected chi connectivity index (χ1v) is 8.09. The van der Waals surface area contributed by atoms with Crippen LogP contribution in [0.5, 0.6) is 5.75 Å². The van der Waals surface area contributed by atoms with Gasteiger partial charge in [0, 0.05) is 19.3 Å². The largest absolute Gasteiger partial charge is 0.493 e. The van der Waals surface area contributed by atoms with Gasteiger partial charge in [0.05, 0.1) is 12.8 Å². The van der Waals surface area contributed by atoms with Crippen molar-refractivity contribution in [2.24, 2.45) is 0 Å². The highest BCUT2D eigenvalue weighted by molar-refractivity contribution is 5.95. The minimum absolute atomic E-state index is 0.0968. The van der Waals surface area contributed by atoms with E-state index in [0.717, 1.165) is 43.7 Å². The summed E-state index contributed by atoms with van der Waals surface area (Å²) < 4.78 is 7.26. The van der Waals surface area contributed by atoms with Gasteiger partial charge in [-0.3, -0.25) is 9.20 Å². The molecule has 22 heavy (non-hydrogen) atoms. The molecule has 0 unspecified atom stereocenters. The van der Waals surface area contributed by atoms with Gasteiger partial charge in [0.25, 0.3) is 5.91 Å². The van der Waals surface area contributed by atoms with Crippen LogP contribution < -0.4 is 4.74 Å². The Hall–Kier alpha value is -2.04. The van der Waals surface area contributed by atoms with Gasteiger partial charge in [0.2, 0.25) is 0 Å². The molecule has 0 atom stereocenters. The second-order valence-electron chi connectivity index (χ2n) is 5.74. The third kappa shape index (κ3) is 2.56. The van der Waals surface area contributed by atoms with Crippen molar-refractivity contribution in [1.29, 1.82) is 0 Å². The lowest BCUT2D eigenvalue weighted by Crippen LogP contribution is -2.33. The second-order valence-corrected chi connectivity index (χ2v) is 5.74. The van der Waals surface area contributed by atoms with Crippen molar-refractivity contribution in [2.75, 3.05) is 20.2 Å². The number of aryl methyl sites for hydroxylation is 1. The summed E-state index contributed by atoms with van der Waals surface area (Å²) in [6.07, 6.45) is 7.24. The number of carbonyl (C=O) groups is 1. The van der Waals surface area contributed by atoms with Crippen molar-refractivity contribution in [3.63, 3.8) is 0 Å². The van der Waals surface area contributed by atoms with Crippen LogP contribution in [0, 0.1) is 0 Å². The van der Waals surface area contributed by atoms with Gasteiger partial charge < -0.3 is 9.64 Å². The summed E-state index contributed by atoms with van der Waals surface area (Å²) in [6.45, 7) is 3.73. The molecule has 0 bridgehead atoms.